The molecule has 0 N–H and O–H groups in total. The van der Waals surface area contributed by atoms with Crippen LogP contribution in [0.25, 0.3) is 0 Å². The summed E-state index contributed by atoms with van der Waals surface area (Å²) in [7, 11) is 1.72. The lowest BCUT2D eigenvalue weighted by molar-refractivity contribution is -0.137. The van der Waals surface area contributed by atoms with Crippen molar-refractivity contribution in [2.24, 2.45) is 4.99 Å². The quantitative estimate of drug-likeness (QED) is 0.716. The molecule has 148 valence electrons. The van der Waals surface area contributed by atoms with Gasteiger partial charge in [-0.2, -0.15) is 0 Å². The topological polar surface area (TPSA) is 59.5 Å². The smallest absolute Gasteiger partial charge is 0.325 e. The van der Waals surface area contributed by atoms with Crippen LogP contribution in [0.4, 0.5) is 10.5 Å². The molecule has 2 aromatic rings. The molecule has 3 heterocycles. The predicted octanol–water partition coefficient (Wildman–Crippen LogP) is 2.73. The van der Waals surface area contributed by atoms with Gasteiger partial charge in [0.1, 0.15) is 0 Å². The number of guanidine groups is 1. The number of urea groups is 1. The maximum Gasteiger partial charge on any atom is 0.328 e. The third kappa shape index (κ3) is 2.90. The number of hydrogen-bond acceptors (Lipinski definition) is 5. The molecule has 0 spiro atoms. The summed E-state index contributed by atoms with van der Waals surface area (Å²) in [6.07, 6.45) is -0.488. The molecule has 3 aliphatic heterocycles. The van der Waals surface area contributed by atoms with Crippen LogP contribution in [0, 0.1) is 0 Å². The Labute approximate surface area is 177 Å². The molecule has 2 aromatic carbocycles. The number of anilines is 1. The van der Waals surface area contributed by atoms with Gasteiger partial charge in [0.05, 0.1) is 6.54 Å². The van der Waals surface area contributed by atoms with Crippen molar-refractivity contribution >= 4 is 39.5 Å². The third-order valence-electron chi connectivity index (χ3n) is 5.70. The Morgan fingerprint density at radius 2 is 1.76 bits per heavy atom. The summed E-state index contributed by atoms with van der Waals surface area (Å²) < 4.78 is 0.960. The molecule has 2 atom stereocenters. The van der Waals surface area contributed by atoms with Crippen LogP contribution in [0.5, 0.6) is 0 Å². The Bertz CT molecular complexity index is 994. The average molecular weight is 454 g/mol. The number of para-hydroxylation sites is 1. The SMILES string of the molecule is CN1C(=O)N(Cc2ccc(Br)cc2)C(=O)C2C1N=C1N(c3ccccc3)CCN12. The van der Waals surface area contributed by atoms with Crippen molar-refractivity contribution in [3.05, 3.63) is 64.6 Å². The van der Waals surface area contributed by atoms with Gasteiger partial charge >= 0.3 is 6.03 Å². The zero-order valence-electron chi connectivity index (χ0n) is 15.9. The summed E-state index contributed by atoms with van der Waals surface area (Å²) >= 11 is 3.41. The minimum atomic E-state index is -0.488. The fourth-order valence-electron chi connectivity index (χ4n) is 4.21. The lowest BCUT2D eigenvalue weighted by Gasteiger charge is -2.40. The molecule has 0 bridgehead atoms. The van der Waals surface area contributed by atoms with E-state index in [1.54, 1.807) is 11.9 Å². The van der Waals surface area contributed by atoms with E-state index in [0.29, 0.717) is 6.54 Å². The largest absolute Gasteiger partial charge is 0.328 e. The molecule has 8 heteroatoms. The van der Waals surface area contributed by atoms with E-state index in [0.717, 1.165) is 28.2 Å². The highest BCUT2D eigenvalue weighted by Crippen LogP contribution is 2.33. The lowest BCUT2D eigenvalue weighted by Crippen LogP contribution is -2.64. The van der Waals surface area contributed by atoms with Gasteiger partial charge in [-0.15, -0.1) is 0 Å². The van der Waals surface area contributed by atoms with Crippen molar-refractivity contribution in [2.45, 2.75) is 18.8 Å². The first-order valence-corrected chi connectivity index (χ1v) is 10.3. The van der Waals surface area contributed by atoms with Gasteiger partial charge in [-0.25, -0.2) is 9.79 Å². The van der Waals surface area contributed by atoms with Crippen LogP contribution in [0.15, 0.2) is 64.1 Å². The summed E-state index contributed by atoms with van der Waals surface area (Å²) in [5.74, 6) is 0.583. The lowest BCUT2D eigenvalue weighted by atomic mass is 10.1. The first-order valence-electron chi connectivity index (χ1n) is 9.54. The van der Waals surface area contributed by atoms with E-state index in [-0.39, 0.29) is 18.5 Å². The fourth-order valence-corrected chi connectivity index (χ4v) is 4.47. The number of benzene rings is 2. The molecule has 5 rings (SSSR count). The maximum atomic E-state index is 13.4. The van der Waals surface area contributed by atoms with Gasteiger partial charge in [-0.05, 0) is 29.8 Å². The highest BCUT2D eigenvalue weighted by Gasteiger charge is 2.54. The monoisotopic (exact) mass is 453 g/mol. The van der Waals surface area contributed by atoms with Gasteiger partial charge in [0, 0.05) is 30.3 Å². The molecule has 3 amide bonds. The zero-order valence-corrected chi connectivity index (χ0v) is 17.5. The fraction of sp³-hybridized carbons (Fsp3) is 0.286. The van der Waals surface area contributed by atoms with Crippen LogP contribution in [0.2, 0.25) is 0 Å². The van der Waals surface area contributed by atoms with Crippen molar-refractivity contribution < 1.29 is 9.59 Å². The van der Waals surface area contributed by atoms with Crippen LogP contribution in [-0.4, -0.2) is 64.9 Å². The van der Waals surface area contributed by atoms with Crippen LogP contribution >= 0.6 is 15.9 Å². The normalized spacial score (nSPS) is 23.4. The van der Waals surface area contributed by atoms with E-state index in [1.165, 1.54) is 4.90 Å². The molecule has 0 saturated carbocycles. The number of likely N-dealkylation sites (N-methyl/N-ethyl adjacent to an activating group) is 1. The van der Waals surface area contributed by atoms with E-state index >= 15 is 0 Å². The molecule has 7 nitrogen and oxygen atoms in total. The van der Waals surface area contributed by atoms with Crippen LogP contribution in [0.1, 0.15) is 5.56 Å². The molecule has 2 fully saturated rings. The summed E-state index contributed by atoms with van der Waals surface area (Å²) in [5, 5.41) is 0. The number of imide groups is 1. The predicted molar refractivity (Wildman–Crippen MR) is 113 cm³/mol. The first kappa shape index (κ1) is 18.2. The number of halogens is 1. The zero-order chi connectivity index (χ0) is 20.1. The number of carbonyl (C=O) groups excluding carboxylic acids is 2. The summed E-state index contributed by atoms with van der Waals surface area (Å²) in [6.45, 7) is 1.72. The van der Waals surface area contributed by atoms with Gasteiger partial charge in [0.25, 0.3) is 5.91 Å². The van der Waals surface area contributed by atoms with Gasteiger partial charge in [-0.1, -0.05) is 46.3 Å². The van der Waals surface area contributed by atoms with E-state index in [1.807, 2.05) is 59.5 Å². The van der Waals surface area contributed by atoms with Crippen molar-refractivity contribution in [2.75, 3.05) is 25.0 Å². The average Bonchev–Trinajstić information content (AvgIpc) is 3.31. The van der Waals surface area contributed by atoms with E-state index in [4.69, 9.17) is 4.99 Å². The third-order valence-corrected chi connectivity index (χ3v) is 6.23. The highest BCUT2D eigenvalue weighted by atomic mass is 79.9. The molecule has 3 aliphatic rings. The highest BCUT2D eigenvalue weighted by molar-refractivity contribution is 9.10. The van der Waals surface area contributed by atoms with Gasteiger partial charge in [0.15, 0.2) is 12.2 Å². The van der Waals surface area contributed by atoms with Crippen molar-refractivity contribution in [1.29, 1.82) is 0 Å². The number of nitrogens with zero attached hydrogens (tertiary/aromatic N) is 5. The van der Waals surface area contributed by atoms with Crippen molar-refractivity contribution in [1.82, 2.24) is 14.7 Å². The Morgan fingerprint density at radius 1 is 1.03 bits per heavy atom. The molecule has 2 saturated heterocycles. The Hall–Kier alpha value is -2.87. The summed E-state index contributed by atoms with van der Waals surface area (Å²) in [4.78, 5) is 38.2. The molecule has 0 radical (unpaired) electrons. The number of carbonyl (C=O) groups is 2. The Kier molecular flexibility index (Phi) is 4.31. The molecular formula is C21H20BrN5O2. The molecule has 0 aromatic heterocycles. The first-order chi connectivity index (χ1) is 14.0. The minimum Gasteiger partial charge on any atom is -0.325 e. The molecule has 2 unspecified atom stereocenters. The Balaban J connectivity index is 1.43. The van der Waals surface area contributed by atoms with Gasteiger partial charge in [0.2, 0.25) is 5.96 Å². The number of fused-ring (bicyclic) bond motifs is 3. The number of aliphatic imine (C=N–C) groups is 1. The van der Waals surface area contributed by atoms with Gasteiger partial charge in [-0.3, -0.25) is 9.69 Å². The van der Waals surface area contributed by atoms with E-state index in [2.05, 4.69) is 20.8 Å². The molecule has 0 aliphatic carbocycles. The van der Waals surface area contributed by atoms with Crippen molar-refractivity contribution in [3.8, 4) is 0 Å². The number of rotatable bonds is 3. The van der Waals surface area contributed by atoms with Gasteiger partial charge < -0.3 is 14.7 Å². The number of amides is 3. The molecule has 29 heavy (non-hydrogen) atoms. The van der Waals surface area contributed by atoms with Crippen molar-refractivity contribution in [3.63, 3.8) is 0 Å². The van der Waals surface area contributed by atoms with E-state index < -0.39 is 12.2 Å². The maximum absolute atomic E-state index is 13.4. The minimum absolute atomic E-state index is 0.185. The Morgan fingerprint density at radius 3 is 2.48 bits per heavy atom. The van der Waals surface area contributed by atoms with Crippen LogP contribution in [0.3, 0.4) is 0 Å². The summed E-state index contributed by atoms with van der Waals surface area (Å²) in [5.41, 5.74) is 1.95. The molecular weight excluding hydrogens is 434 g/mol. The standard InChI is InChI=1S/C21H20BrN5O2/c1-24-18-17(19(28)27(21(24)29)13-14-7-9-15(22)10-8-14)26-12-11-25(20(26)23-18)16-5-3-2-4-6-16/h2-10,17-18H,11-13H2,1H3. The number of hydrogen-bond donors (Lipinski definition) is 0. The second-order valence-corrected chi connectivity index (χ2v) is 8.33. The van der Waals surface area contributed by atoms with Crippen LogP contribution in [-0.2, 0) is 11.3 Å². The summed E-state index contributed by atoms with van der Waals surface area (Å²) in [6, 6.07) is 16.9. The second kappa shape index (κ2) is 6.88. The second-order valence-electron chi connectivity index (χ2n) is 7.41. The van der Waals surface area contributed by atoms with Crippen LogP contribution < -0.4 is 4.90 Å². The van der Waals surface area contributed by atoms with E-state index in [9.17, 15) is 9.59 Å².